The third-order valence-corrected chi connectivity index (χ3v) is 33.4. The van der Waals surface area contributed by atoms with Gasteiger partial charge in [-0.15, -0.1) is 112 Å². The van der Waals surface area contributed by atoms with E-state index in [2.05, 4.69) is 68.1 Å². The molecule has 0 unspecified atom stereocenters. The highest BCUT2D eigenvalue weighted by Gasteiger charge is 2.38. The molecular formula is C91H116N14O26S13. The lowest BCUT2D eigenvalue weighted by Gasteiger charge is -2.07. The van der Waals surface area contributed by atoms with Crippen molar-refractivity contribution in [2.75, 3.05) is 96.1 Å². The van der Waals surface area contributed by atoms with Gasteiger partial charge in [0.05, 0.1) is 99.0 Å². The molecule has 1 fully saturated rings. The van der Waals surface area contributed by atoms with E-state index in [9.17, 15) is 44.4 Å². The number of nitrogen functional groups attached to an aromatic ring is 1. The first-order valence-electron chi connectivity index (χ1n) is 44.8. The number of H-pyrrole nitrogens is 1. The topological polar surface area (TPSA) is 539 Å². The summed E-state index contributed by atoms with van der Waals surface area (Å²) in [6.07, 6.45) is 2.15. The van der Waals surface area contributed by atoms with Crippen LogP contribution in [-0.2, 0) is 41.1 Å². The second-order valence-corrected chi connectivity index (χ2v) is 48.8. The molecule has 16 rings (SSSR count). The van der Waals surface area contributed by atoms with Gasteiger partial charge in [0, 0.05) is 43.9 Å². The fraction of sp³-hybridized carbons (Fsp3) is 0.451. The molecule has 5 N–H and O–H groups in total. The minimum atomic E-state index is -3.54. The zero-order valence-corrected chi connectivity index (χ0v) is 93.9. The van der Waals surface area contributed by atoms with E-state index in [0.717, 1.165) is 104 Å². The third kappa shape index (κ3) is 35.7. The Morgan fingerprint density at radius 2 is 0.861 bits per heavy atom. The monoisotopic (exact) mass is 2240 g/mol. The Bertz CT molecular complexity index is 6720. The number of aliphatic hydroxyl groups excluding tert-OH is 1. The highest BCUT2D eigenvalue weighted by Crippen LogP contribution is 2.43. The molecule has 13 aromatic rings. The Balaban J connectivity index is 0.000000198. The second kappa shape index (κ2) is 57.1. The predicted molar refractivity (Wildman–Crippen MR) is 567 cm³/mol. The molecule has 144 heavy (non-hydrogen) atoms. The molecular weight excluding hydrogens is 2120 g/mol. The first-order valence-corrected chi connectivity index (χ1v) is 57.7. The van der Waals surface area contributed by atoms with Crippen molar-refractivity contribution < 1.29 is 115 Å². The number of hydrogen-bond donors (Lipinski definition) is 4. The Hall–Kier alpha value is -11.1. The number of nitrogens with one attached hydrogen (secondary N) is 2. The van der Waals surface area contributed by atoms with Crippen molar-refractivity contribution in [1.82, 2.24) is 45.3 Å². The van der Waals surface area contributed by atoms with E-state index in [1.165, 1.54) is 80.5 Å². The summed E-state index contributed by atoms with van der Waals surface area (Å²) < 4.78 is 145. The molecule has 0 bridgehead atoms. The van der Waals surface area contributed by atoms with Crippen LogP contribution in [0.25, 0.3) is 42.9 Å². The number of aliphatic hydroxyl groups is 1. The van der Waals surface area contributed by atoms with Crippen LogP contribution in [-0.4, -0.2) is 206 Å². The van der Waals surface area contributed by atoms with Crippen LogP contribution in [0.4, 0.5) is 6.01 Å². The molecule has 0 spiro atoms. The number of sulfonamides is 1. The fourth-order valence-corrected chi connectivity index (χ4v) is 23.4. The number of carbonyl (C=O) groups is 3. The number of thiocarbonyl (C=S) groups is 1. The Morgan fingerprint density at radius 1 is 0.493 bits per heavy atom. The summed E-state index contributed by atoms with van der Waals surface area (Å²) in [5.74, 6) is 5.28. The lowest BCUT2D eigenvalue weighted by molar-refractivity contribution is 0.0978. The number of thiophene rings is 9. The summed E-state index contributed by atoms with van der Waals surface area (Å²) in [6.45, 7) is 44.7. The number of nitrogens with two attached hydrogens (primary N) is 1. The number of aryl methyl sites for hydroxylation is 9. The molecule has 2 aliphatic heterocycles. The zero-order chi connectivity index (χ0) is 106. The normalized spacial score (nSPS) is 12.3. The van der Waals surface area contributed by atoms with Gasteiger partial charge in [0.15, 0.2) is 31.2 Å². The van der Waals surface area contributed by atoms with Crippen molar-refractivity contribution in [1.29, 1.82) is 0 Å². The Morgan fingerprint density at radius 3 is 1.22 bits per heavy atom. The van der Waals surface area contributed by atoms with Gasteiger partial charge < -0.3 is 76.5 Å². The standard InChI is InChI=1S/C12H16O4S2.C12H18O4S2.2C10H12N2O3S.C10H15NO4S2.C10H11NO2S2.C9H11N3O2S.C9H11N3OS.C9H10N2O3S/c1-3-16-11-6-8(2)17-12(11)10(13)7-18(14,15)9-4-5-9;1-5-16-11-6-9(4)17-12(11)10(13)7-18(14,15)8(2)3;1-4-14-7-5-6(2)16-8(7)9-11-10(13-3)15-12-9;1-3-14-7-4-6(2)16-9(7)10-11-8(5-13)15-12-10;1-4-15-8-6-7(3)16-9(8)10(12)11-17(13,14)5-2;1-3-12-8-4-6(2)15-10(8)7-5-9(14)13-11-7;1-3-13-6-4-5(2)15-7(6)8-11-9(10)14-12-8;1-3-13-8-4-6(2)14-9(8)7-5-10-12-11-7;1-3-13-6-4-5(2)15-7(6)8-10-11-9(12)14-8/h6,9H,3-5,7H2,1-2H3;6,8H,5,7H2,1-4H3;5H,4H2,1-3H3;4,13H,3,5H2,1-2H3;6H,4-5H2,1-3H3,(H,11,12);4H,3,5H2,1-2H3;4H,3H2,1-2H3,(H2,10,11,12);4H,3,5H2,1-2H3;4H,3H2,1-2H3,(H,11,12). The maximum absolute atomic E-state index is 12.1. The molecule has 53 heteroatoms. The quantitative estimate of drug-likeness (QED) is 0.0207. The summed E-state index contributed by atoms with van der Waals surface area (Å²) in [7, 11) is -8.67. The zero-order valence-electron chi connectivity index (χ0n) is 83.3. The molecule has 1 aliphatic carbocycles. The van der Waals surface area contributed by atoms with Crippen LogP contribution in [0.1, 0.15) is 191 Å². The number of ketones is 2. The summed E-state index contributed by atoms with van der Waals surface area (Å²) in [6, 6.07) is 17.2. The minimum absolute atomic E-state index is 0.0681. The molecule has 0 saturated heterocycles. The van der Waals surface area contributed by atoms with Crippen molar-refractivity contribution in [2.24, 2.45) is 20.6 Å². The van der Waals surface area contributed by atoms with Crippen LogP contribution < -0.4 is 63.6 Å². The first kappa shape index (κ1) is 118. The smallest absolute Gasteiger partial charge is 0.434 e. The van der Waals surface area contributed by atoms with Crippen LogP contribution >= 0.6 is 114 Å². The first-order chi connectivity index (χ1) is 68.5. The van der Waals surface area contributed by atoms with Gasteiger partial charge in [-0.2, -0.15) is 20.1 Å². The van der Waals surface area contributed by atoms with E-state index in [1.54, 1.807) is 84.3 Å². The van der Waals surface area contributed by atoms with Gasteiger partial charge >= 0.3 is 17.8 Å². The van der Waals surface area contributed by atoms with Crippen LogP contribution in [0.5, 0.6) is 57.8 Å². The number of aromatic amines is 1. The van der Waals surface area contributed by atoms with E-state index in [1.807, 2.05) is 152 Å². The van der Waals surface area contributed by atoms with Crippen LogP contribution in [0.2, 0.25) is 0 Å². The second-order valence-electron chi connectivity index (χ2n) is 30.1. The highest BCUT2D eigenvalue weighted by molar-refractivity contribution is 7.93. The Kier molecular flexibility index (Phi) is 46.9. The SMILES string of the molecule is CCOc1cc(C)sc1-c1n[nH]c(=O)o1.CCOc1cc(C)sc1-c1noc(CO)n1.CCOc1cc(C)sc1-c1noc(N)n1.CCOc1cc(C)sc1-c1noc(OC)n1.CCOc1cc(C)sc1C(=O)CS(=O)(=O)C(C)C.CCOc1cc(C)sc1C(=O)CS(=O)(=O)C1CC1.CCOc1cc(C)sc1C(=O)NS(=O)(=O)CC.CCOc1cc(C)sc1C1=NN=NC1.CCOc1cc(C)sc1C1=NOC(=S)C1. The number of ether oxygens (including phenoxy) is 10. The summed E-state index contributed by atoms with van der Waals surface area (Å²) >= 11 is 18.2. The molecule has 0 aromatic carbocycles. The number of rotatable bonds is 37. The van der Waals surface area contributed by atoms with Gasteiger partial charge in [-0.1, -0.05) is 20.6 Å². The lowest BCUT2D eigenvalue weighted by Crippen LogP contribution is -2.31. The van der Waals surface area contributed by atoms with Gasteiger partial charge in [-0.25, -0.2) is 39.9 Å². The number of amides is 1. The third-order valence-electron chi connectivity index (χ3n) is 18.3. The molecule has 0 atom stereocenters. The number of methoxy groups -OCH3 is 1. The van der Waals surface area contributed by atoms with Crippen LogP contribution in [0.15, 0.2) is 98.0 Å². The van der Waals surface area contributed by atoms with E-state index in [-0.39, 0.29) is 53.0 Å². The fourth-order valence-electron chi connectivity index (χ4n) is 12.0. The molecule has 1 amide bonds. The van der Waals surface area contributed by atoms with Gasteiger partial charge in [-0.3, -0.25) is 18.9 Å². The van der Waals surface area contributed by atoms with Gasteiger partial charge in [0.1, 0.15) is 122 Å². The van der Waals surface area contributed by atoms with Gasteiger partial charge in [-0.05, 0) is 230 Å². The van der Waals surface area contributed by atoms with Crippen molar-refractivity contribution in [3.63, 3.8) is 0 Å². The molecule has 13 aromatic heterocycles. The summed E-state index contributed by atoms with van der Waals surface area (Å²) in [5.41, 5.74) is 7.16. The van der Waals surface area contributed by atoms with E-state index in [4.69, 9.17) is 93.3 Å². The predicted octanol–water partition coefficient (Wildman–Crippen LogP) is 20.1. The summed E-state index contributed by atoms with van der Waals surface area (Å²) in [5, 5.41) is 41.3. The highest BCUT2D eigenvalue weighted by atomic mass is 32.2. The molecule has 784 valence electrons. The van der Waals surface area contributed by atoms with Crippen molar-refractivity contribution in [2.45, 2.75) is 182 Å². The molecule has 3 aliphatic rings. The largest absolute Gasteiger partial charge is 0.492 e. The van der Waals surface area contributed by atoms with Gasteiger partial charge in [0.25, 0.3) is 17.7 Å². The van der Waals surface area contributed by atoms with Crippen molar-refractivity contribution >= 4 is 184 Å². The van der Waals surface area contributed by atoms with Gasteiger partial charge in [0.2, 0.25) is 32.5 Å². The van der Waals surface area contributed by atoms with Crippen LogP contribution in [0.3, 0.4) is 0 Å². The lowest BCUT2D eigenvalue weighted by atomic mass is 10.2. The van der Waals surface area contributed by atoms with E-state index in [0.29, 0.717) is 145 Å². The molecule has 0 radical (unpaired) electrons. The molecule has 1 saturated carbocycles. The minimum Gasteiger partial charge on any atom is -0.492 e. The molecule has 40 nitrogen and oxygen atoms in total. The number of carbonyl (C=O) groups excluding carboxylic acids is 3. The maximum atomic E-state index is 12.1. The van der Waals surface area contributed by atoms with Crippen molar-refractivity contribution in [3.8, 4) is 101 Å². The molecule has 15 heterocycles. The number of Topliss-reactive ketones (excluding diaryl/α,β-unsaturated/α-hetero) is 2. The van der Waals surface area contributed by atoms with E-state index >= 15 is 0 Å². The number of sulfone groups is 2. The number of nitrogens with zero attached hydrogens (tertiary/aromatic N) is 11. The number of anilines is 1. The van der Waals surface area contributed by atoms with Crippen molar-refractivity contribution in [3.05, 3.63) is 139 Å². The number of oxime groups is 1. The maximum Gasteiger partial charge on any atom is 0.434 e. The number of aromatic nitrogens is 8. The average Bonchev–Trinajstić information content (AvgIpc) is 1.65. The number of hydrogen-bond acceptors (Lipinski definition) is 48. The van der Waals surface area contributed by atoms with E-state index < -0.39 is 58.1 Å². The average molecular weight is 2240 g/mol. The summed E-state index contributed by atoms with van der Waals surface area (Å²) in [4.78, 5) is 79.9. The Labute approximate surface area is 875 Å². The van der Waals surface area contributed by atoms with Crippen LogP contribution in [0, 0.1) is 62.3 Å².